The van der Waals surface area contributed by atoms with E-state index < -0.39 is 0 Å². The number of thiazole rings is 1. The highest BCUT2D eigenvalue weighted by molar-refractivity contribution is 7.18. The second kappa shape index (κ2) is 6.76. The number of fused-ring (bicyclic) bond motifs is 2. The van der Waals surface area contributed by atoms with E-state index in [1.165, 1.54) is 53.2 Å². The van der Waals surface area contributed by atoms with Crippen molar-refractivity contribution in [2.45, 2.75) is 31.3 Å². The van der Waals surface area contributed by atoms with E-state index >= 15 is 0 Å². The van der Waals surface area contributed by atoms with Crippen LogP contribution in [0.15, 0.2) is 48.5 Å². The lowest BCUT2D eigenvalue weighted by Crippen LogP contribution is -2.46. The highest BCUT2D eigenvalue weighted by Gasteiger charge is 2.36. The van der Waals surface area contributed by atoms with E-state index in [0.717, 1.165) is 12.1 Å². The Morgan fingerprint density at radius 2 is 1.65 bits per heavy atom. The molecule has 0 radical (unpaired) electrons. The number of piperidine rings is 1. The molecule has 0 saturated carbocycles. The molecule has 1 saturated heterocycles. The van der Waals surface area contributed by atoms with Crippen LogP contribution in [0.5, 0.6) is 0 Å². The van der Waals surface area contributed by atoms with Gasteiger partial charge in [0.05, 0.1) is 16.4 Å². The third-order valence-electron chi connectivity index (χ3n) is 5.88. The summed E-state index contributed by atoms with van der Waals surface area (Å²) in [5.74, 6) is 0.370. The van der Waals surface area contributed by atoms with Crippen LogP contribution in [0.4, 0.5) is 0 Å². The highest BCUT2D eigenvalue weighted by Crippen LogP contribution is 2.42. The second-order valence-corrected chi connectivity index (χ2v) is 8.67. The molecule has 26 heavy (non-hydrogen) atoms. The summed E-state index contributed by atoms with van der Waals surface area (Å²) in [4.78, 5) is 10.2. The zero-order valence-corrected chi connectivity index (χ0v) is 16.1. The fraction of sp³-hybridized carbons (Fsp3) is 0.409. The Morgan fingerprint density at radius 3 is 2.46 bits per heavy atom. The lowest BCUT2D eigenvalue weighted by molar-refractivity contribution is 0.0338. The van der Waals surface area contributed by atoms with Gasteiger partial charge in [-0.3, -0.25) is 9.80 Å². The Kier molecular flexibility index (Phi) is 4.27. The van der Waals surface area contributed by atoms with Gasteiger partial charge in [-0.25, -0.2) is 4.98 Å². The van der Waals surface area contributed by atoms with E-state index in [-0.39, 0.29) is 0 Å². The van der Waals surface area contributed by atoms with E-state index in [4.69, 9.17) is 4.98 Å². The molecular weight excluding hydrogens is 338 g/mol. The van der Waals surface area contributed by atoms with Crippen LogP contribution in [0, 0.1) is 0 Å². The predicted octanol–water partition coefficient (Wildman–Crippen LogP) is 4.86. The van der Waals surface area contributed by atoms with Crippen LogP contribution in [0.3, 0.4) is 0 Å². The topological polar surface area (TPSA) is 19.4 Å². The molecule has 0 N–H and O–H groups in total. The van der Waals surface area contributed by atoms with Gasteiger partial charge in [0.15, 0.2) is 0 Å². The standard InChI is InChI=1S/C22H25N3S/c1-24-15-18(21-23-19-11-5-6-12-20(19)26-21)16-9-3-4-10-17(16)22(24)25-13-7-2-8-14-25/h3-6,9-12,18,22H,2,7-8,13-15H2,1H3. The number of likely N-dealkylation sites (tertiary alicyclic amines) is 1. The smallest absolute Gasteiger partial charge is 0.103 e. The second-order valence-electron chi connectivity index (χ2n) is 7.61. The van der Waals surface area contributed by atoms with Crippen molar-refractivity contribution in [3.63, 3.8) is 0 Å². The number of para-hydroxylation sites is 1. The largest absolute Gasteiger partial charge is 0.286 e. The van der Waals surface area contributed by atoms with Crippen molar-refractivity contribution >= 4 is 21.6 Å². The Bertz CT molecular complexity index is 879. The normalized spacial score (nSPS) is 24.7. The number of rotatable bonds is 2. The summed E-state index contributed by atoms with van der Waals surface area (Å²) in [6.45, 7) is 3.47. The predicted molar refractivity (Wildman–Crippen MR) is 109 cm³/mol. The van der Waals surface area contributed by atoms with Crippen molar-refractivity contribution in [3.05, 3.63) is 64.7 Å². The van der Waals surface area contributed by atoms with Crippen molar-refractivity contribution in [3.8, 4) is 0 Å². The maximum absolute atomic E-state index is 4.99. The molecule has 1 aromatic heterocycles. The van der Waals surface area contributed by atoms with Crippen LogP contribution >= 0.6 is 11.3 Å². The average molecular weight is 364 g/mol. The minimum Gasteiger partial charge on any atom is -0.286 e. The fourth-order valence-corrected chi connectivity index (χ4v) is 5.75. The summed E-state index contributed by atoms with van der Waals surface area (Å²) >= 11 is 1.85. The van der Waals surface area contributed by atoms with E-state index in [1.54, 1.807) is 0 Å². The molecule has 3 nitrogen and oxygen atoms in total. The van der Waals surface area contributed by atoms with Crippen LogP contribution in [-0.2, 0) is 0 Å². The fourth-order valence-electron chi connectivity index (χ4n) is 4.68. The Labute approximate surface area is 159 Å². The van der Waals surface area contributed by atoms with Gasteiger partial charge < -0.3 is 0 Å². The lowest BCUT2D eigenvalue weighted by atomic mass is 9.87. The number of hydrogen-bond donors (Lipinski definition) is 0. The number of aromatic nitrogens is 1. The number of nitrogens with zero attached hydrogens (tertiary/aromatic N) is 3. The first-order valence-electron chi connectivity index (χ1n) is 9.70. The van der Waals surface area contributed by atoms with Gasteiger partial charge in [0, 0.05) is 12.5 Å². The van der Waals surface area contributed by atoms with Crippen LogP contribution in [0.2, 0.25) is 0 Å². The summed E-state index contributed by atoms with van der Waals surface area (Å²) in [5, 5.41) is 1.25. The molecule has 1 fully saturated rings. The zero-order valence-electron chi connectivity index (χ0n) is 15.3. The van der Waals surface area contributed by atoms with Gasteiger partial charge >= 0.3 is 0 Å². The first kappa shape index (κ1) is 16.4. The van der Waals surface area contributed by atoms with Crippen molar-refractivity contribution in [2.24, 2.45) is 0 Å². The average Bonchev–Trinajstić information content (AvgIpc) is 3.12. The molecule has 5 rings (SSSR count). The molecule has 2 aliphatic heterocycles. The van der Waals surface area contributed by atoms with Gasteiger partial charge in [-0.1, -0.05) is 42.8 Å². The maximum atomic E-state index is 4.99. The van der Waals surface area contributed by atoms with E-state index in [1.807, 2.05) is 11.3 Å². The number of benzene rings is 2. The molecule has 0 aliphatic carbocycles. The Morgan fingerprint density at radius 1 is 0.923 bits per heavy atom. The van der Waals surface area contributed by atoms with E-state index in [9.17, 15) is 0 Å². The number of likely N-dealkylation sites (N-methyl/N-ethyl adjacent to an activating group) is 1. The molecule has 0 spiro atoms. The van der Waals surface area contributed by atoms with E-state index in [2.05, 4.69) is 65.4 Å². The molecule has 0 amide bonds. The molecule has 4 heteroatoms. The van der Waals surface area contributed by atoms with Crippen LogP contribution in [0.25, 0.3) is 10.2 Å². The molecule has 0 bridgehead atoms. The van der Waals surface area contributed by atoms with Gasteiger partial charge in [-0.2, -0.15) is 0 Å². The summed E-state index contributed by atoms with van der Waals surface area (Å²) < 4.78 is 1.29. The SMILES string of the molecule is CN1CC(c2nc3ccccc3s2)c2ccccc2C1N1CCCCC1. The molecule has 134 valence electrons. The first-order valence-corrected chi connectivity index (χ1v) is 10.5. The van der Waals surface area contributed by atoms with Gasteiger partial charge in [0.25, 0.3) is 0 Å². The van der Waals surface area contributed by atoms with Crippen LogP contribution in [0.1, 0.15) is 47.5 Å². The van der Waals surface area contributed by atoms with Gasteiger partial charge in [-0.15, -0.1) is 11.3 Å². The van der Waals surface area contributed by atoms with Crippen molar-refractivity contribution in [1.29, 1.82) is 0 Å². The molecule has 2 aliphatic rings. The molecule has 3 heterocycles. The van der Waals surface area contributed by atoms with Crippen LogP contribution in [-0.4, -0.2) is 41.5 Å². The summed E-state index contributed by atoms with van der Waals surface area (Å²) in [6.07, 6.45) is 4.45. The lowest BCUT2D eigenvalue weighted by Gasteiger charge is -2.45. The quantitative estimate of drug-likeness (QED) is 0.648. The summed E-state index contributed by atoms with van der Waals surface area (Å²) in [6, 6.07) is 17.6. The Balaban J connectivity index is 1.57. The first-order chi connectivity index (χ1) is 12.8. The van der Waals surface area contributed by atoms with Crippen molar-refractivity contribution in [2.75, 3.05) is 26.7 Å². The van der Waals surface area contributed by atoms with Gasteiger partial charge in [0.2, 0.25) is 0 Å². The molecule has 2 aromatic carbocycles. The molecule has 2 atom stereocenters. The summed E-state index contributed by atoms with van der Waals surface area (Å²) in [5.41, 5.74) is 4.08. The summed E-state index contributed by atoms with van der Waals surface area (Å²) in [7, 11) is 2.29. The third-order valence-corrected chi connectivity index (χ3v) is 7.03. The van der Waals surface area contributed by atoms with Crippen molar-refractivity contribution < 1.29 is 0 Å². The van der Waals surface area contributed by atoms with Gasteiger partial charge in [0.1, 0.15) is 5.01 Å². The maximum Gasteiger partial charge on any atom is 0.103 e. The monoisotopic (exact) mass is 363 g/mol. The highest BCUT2D eigenvalue weighted by atomic mass is 32.1. The Hall–Kier alpha value is -1.75. The molecule has 3 aromatic rings. The molecule has 2 unspecified atom stereocenters. The third kappa shape index (κ3) is 2.77. The van der Waals surface area contributed by atoms with Crippen LogP contribution < -0.4 is 0 Å². The minimum atomic E-state index is 0.370. The zero-order chi connectivity index (χ0) is 17.5. The minimum absolute atomic E-state index is 0.370. The number of hydrogen-bond acceptors (Lipinski definition) is 4. The molecular formula is C22H25N3S. The van der Waals surface area contributed by atoms with Gasteiger partial charge in [-0.05, 0) is 56.2 Å². The van der Waals surface area contributed by atoms with E-state index in [0.29, 0.717) is 12.1 Å². The van der Waals surface area contributed by atoms with Crippen molar-refractivity contribution in [1.82, 2.24) is 14.8 Å².